The van der Waals surface area contributed by atoms with E-state index < -0.39 is 0 Å². The maximum Gasteiger partial charge on any atom is 0.228 e. The predicted octanol–water partition coefficient (Wildman–Crippen LogP) is 3.20. The summed E-state index contributed by atoms with van der Waals surface area (Å²) < 4.78 is 0. The lowest BCUT2D eigenvalue weighted by atomic mass is 10.0. The second kappa shape index (κ2) is 3.74. The van der Waals surface area contributed by atoms with Crippen molar-refractivity contribution in [2.24, 2.45) is 16.7 Å². The number of hydrogen-bond acceptors (Lipinski definition) is 2. The first kappa shape index (κ1) is 12.9. The quantitative estimate of drug-likeness (QED) is 0.787. The van der Waals surface area contributed by atoms with Crippen molar-refractivity contribution in [3.8, 4) is 0 Å². The zero-order valence-corrected chi connectivity index (χ0v) is 11.8. The van der Waals surface area contributed by atoms with Gasteiger partial charge in [-0.15, -0.1) is 0 Å². The van der Waals surface area contributed by atoms with Crippen LogP contribution in [0.25, 0.3) is 0 Å². The highest BCUT2D eigenvalue weighted by molar-refractivity contribution is 5.97. The van der Waals surface area contributed by atoms with Gasteiger partial charge in [0.15, 0.2) is 0 Å². The van der Waals surface area contributed by atoms with Crippen LogP contribution in [-0.4, -0.2) is 5.91 Å². The SMILES string of the molecule is Cc1c(N)cccc1NC(=O)C1C(C)(C)C1(C)C. The van der Waals surface area contributed by atoms with Crippen molar-refractivity contribution in [2.45, 2.75) is 34.6 Å². The molecule has 0 aromatic heterocycles. The Bertz CT molecular complexity index is 489. The van der Waals surface area contributed by atoms with Gasteiger partial charge in [0.2, 0.25) is 5.91 Å². The number of nitrogen functional groups attached to an aromatic ring is 1. The van der Waals surface area contributed by atoms with Gasteiger partial charge in [0, 0.05) is 17.3 Å². The Morgan fingerprint density at radius 3 is 2.28 bits per heavy atom. The van der Waals surface area contributed by atoms with Gasteiger partial charge in [-0.25, -0.2) is 0 Å². The normalized spacial score (nSPS) is 20.5. The van der Waals surface area contributed by atoms with Crippen LogP contribution in [0.5, 0.6) is 0 Å². The van der Waals surface area contributed by atoms with Crippen molar-refractivity contribution in [1.29, 1.82) is 0 Å². The molecule has 1 saturated carbocycles. The minimum absolute atomic E-state index is 0.0608. The van der Waals surface area contributed by atoms with Crippen molar-refractivity contribution in [3.63, 3.8) is 0 Å². The second-order valence-electron chi connectivity index (χ2n) is 6.39. The summed E-state index contributed by atoms with van der Waals surface area (Å²) in [6.45, 7) is 10.5. The Hall–Kier alpha value is -1.51. The van der Waals surface area contributed by atoms with Crippen LogP contribution in [0, 0.1) is 23.7 Å². The molecule has 1 aliphatic carbocycles. The minimum atomic E-state index is 0.0608. The number of nitrogens with one attached hydrogen (secondary N) is 1. The number of anilines is 2. The van der Waals surface area contributed by atoms with E-state index in [-0.39, 0.29) is 22.7 Å². The molecule has 0 saturated heterocycles. The first-order valence-corrected chi connectivity index (χ1v) is 6.35. The molecule has 0 bridgehead atoms. The van der Waals surface area contributed by atoms with Crippen LogP contribution in [0.4, 0.5) is 11.4 Å². The fourth-order valence-electron chi connectivity index (χ4n) is 2.85. The molecule has 0 radical (unpaired) electrons. The fourth-order valence-corrected chi connectivity index (χ4v) is 2.85. The lowest BCUT2D eigenvalue weighted by Gasteiger charge is -2.11. The standard InChI is InChI=1S/C15H22N2O/c1-9-10(16)7-6-8-11(9)17-13(18)12-14(2,3)15(12,4)5/h6-8,12H,16H2,1-5H3,(H,17,18). The van der Waals surface area contributed by atoms with E-state index in [1.54, 1.807) is 0 Å². The zero-order chi connectivity index (χ0) is 13.7. The summed E-state index contributed by atoms with van der Waals surface area (Å²) >= 11 is 0. The summed E-state index contributed by atoms with van der Waals surface area (Å²) in [7, 11) is 0. The summed E-state index contributed by atoms with van der Waals surface area (Å²) in [5.74, 6) is 0.157. The number of carbonyl (C=O) groups is 1. The number of amides is 1. The molecule has 3 nitrogen and oxygen atoms in total. The average Bonchev–Trinajstić information content (AvgIpc) is 2.65. The highest BCUT2D eigenvalue weighted by Crippen LogP contribution is 2.68. The molecule has 0 atom stereocenters. The third-order valence-corrected chi connectivity index (χ3v) is 4.92. The number of carbonyl (C=O) groups excluding carboxylic acids is 1. The van der Waals surface area contributed by atoms with Crippen molar-refractivity contribution in [2.75, 3.05) is 11.1 Å². The van der Waals surface area contributed by atoms with Crippen LogP contribution >= 0.6 is 0 Å². The largest absolute Gasteiger partial charge is 0.398 e. The van der Waals surface area contributed by atoms with Gasteiger partial charge in [0.25, 0.3) is 0 Å². The Morgan fingerprint density at radius 1 is 1.22 bits per heavy atom. The van der Waals surface area contributed by atoms with Gasteiger partial charge >= 0.3 is 0 Å². The maximum absolute atomic E-state index is 12.3. The molecule has 0 unspecified atom stereocenters. The van der Waals surface area contributed by atoms with Crippen LogP contribution in [0.2, 0.25) is 0 Å². The fraction of sp³-hybridized carbons (Fsp3) is 0.533. The molecule has 0 heterocycles. The molecule has 3 heteroatoms. The van der Waals surface area contributed by atoms with Crippen molar-refractivity contribution in [1.82, 2.24) is 0 Å². The molecule has 98 valence electrons. The van der Waals surface area contributed by atoms with Gasteiger partial charge in [-0.1, -0.05) is 33.8 Å². The third kappa shape index (κ3) is 1.69. The van der Waals surface area contributed by atoms with Crippen molar-refractivity contribution in [3.05, 3.63) is 23.8 Å². The van der Waals surface area contributed by atoms with Gasteiger partial charge in [0.1, 0.15) is 0 Å². The Balaban J connectivity index is 2.17. The molecule has 0 spiro atoms. The first-order valence-electron chi connectivity index (χ1n) is 6.35. The predicted molar refractivity (Wildman–Crippen MR) is 75.3 cm³/mol. The molecule has 1 aromatic rings. The highest BCUT2D eigenvalue weighted by atomic mass is 16.2. The van der Waals surface area contributed by atoms with E-state index in [1.807, 2.05) is 25.1 Å². The number of nitrogens with two attached hydrogens (primary N) is 1. The summed E-state index contributed by atoms with van der Waals surface area (Å²) in [6, 6.07) is 5.60. The van der Waals surface area contributed by atoms with Gasteiger partial charge in [-0.05, 0) is 35.4 Å². The Morgan fingerprint density at radius 2 is 1.78 bits per heavy atom. The van der Waals surface area contributed by atoms with E-state index in [0.29, 0.717) is 5.69 Å². The second-order valence-corrected chi connectivity index (χ2v) is 6.39. The van der Waals surface area contributed by atoms with Crippen LogP contribution < -0.4 is 11.1 Å². The van der Waals surface area contributed by atoms with E-state index in [1.165, 1.54) is 0 Å². The summed E-state index contributed by atoms with van der Waals surface area (Å²) in [5.41, 5.74) is 8.43. The van der Waals surface area contributed by atoms with Crippen molar-refractivity contribution >= 4 is 17.3 Å². The molecular formula is C15H22N2O. The molecule has 1 aliphatic rings. The highest BCUT2D eigenvalue weighted by Gasteiger charge is 2.68. The van der Waals surface area contributed by atoms with Crippen LogP contribution in [0.1, 0.15) is 33.3 Å². The smallest absolute Gasteiger partial charge is 0.228 e. The minimum Gasteiger partial charge on any atom is -0.398 e. The lowest BCUT2D eigenvalue weighted by Crippen LogP contribution is -2.18. The molecular weight excluding hydrogens is 224 g/mol. The van der Waals surface area contributed by atoms with E-state index >= 15 is 0 Å². The van der Waals surface area contributed by atoms with Gasteiger partial charge in [-0.3, -0.25) is 4.79 Å². The van der Waals surface area contributed by atoms with E-state index in [0.717, 1.165) is 11.3 Å². The molecule has 1 amide bonds. The molecule has 0 aliphatic heterocycles. The maximum atomic E-state index is 12.3. The number of benzene rings is 1. The first-order chi connectivity index (χ1) is 8.19. The molecule has 3 N–H and O–H groups in total. The monoisotopic (exact) mass is 246 g/mol. The Kier molecular flexibility index (Phi) is 2.69. The van der Waals surface area contributed by atoms with Crippen LogP contribution in [-0.2, 0) is 4.79 Å². The van der Waals surface area contributed by atoms with Crippen molar-refractivity contribution < 1.29 is 4.79 Å². The van der Waals surface area contributed by atoms with Gasteiger partial charge < -0.3 is 11.1 Å². The summed E-state index contributed by atoms with van der Waals surface area (Å²) in [4.78, 5) is 12.3. The lowest BCUT2D eigenvalue weighted by molar-refractivity contribution is -0.118. The Labute approximate surface area is 109 Å². The topological polar surface area (TPSA) is 55.1 Å². The zero-order valence-electron chi connectivity index (χ0n) is 11.8. The van der Waals surface area contributed by atoms with E-state index in [9.17, 15) is 4.79 Å². The molecule has 2 rings (SSSR count). The van der Waals surface area contributed by atoms with Crippen LogP contribution in [0.15, 0.2) is 18.2 Å². The summed E-state index contributed by atoms with van der Waals surface area (Å²) in [5, 5.41) is 3.01. The number of rotatable bonds is 2. The van der Waals surface area contributed by atoms with Crippen LogP contribution in [0.3, 0.4) is 0 Å². The third-order valence-electron chi connectivity index (χ3n) is 4.92. The summed E-state index contributed by atoms with van der Waals surface area (Å²) in [6.07, 6.45) is 0. The molecule has 18 heavy (non-hydrogen) atoms. The number of hydrogen-bond donors (Lipinski definition) is 2. The van der Waals surface area contributed by atoms with Gasteiger partial charge in [0.05, 0.1) is 0 Å². The average molecular weight is 246 g/mol. The van der Waals surface area contributed by atoms with E-state index in [2.05, 4.69) is 33.0 Å². The van der Waals surface area contributed by atoms with Gasteiger partial charge in [-0.2, -0.15) is 0 Å². The van der Waals surface area contributed by atoms with E-state index in [4.69, 9.17) is 5.73 Å². The molecule has 1 aromatic carbocycles. The molecule has 1 fully saturated rings.